The van der Waals surface area contributed by atoms with Crippen LogP contribution in [0.5, 0.6) is 0 Å². The smallest absolute Gasteiger partial charge is 0.247 e. The highest BCUT2D eigenvalue weighted by Crippen LogP contribution is 2.18. The van der Waals surface area contributed by atoms with Gasteiger partial charge in [0, 0.05) is 12.5 Å². The van der Waals surface area contributed by atoms with E-state index in [1.165, 1.54) is 5.56 Å². The van der Waals surface area contributed by atoms with E-state index < -0.39 is 0 Å². The van der Waals surface area contributed by atoms with Crippen molar-refractivity contribution in [2.75, 3.05) is 0 Å². The summed E-state index contributed by atoms with van der Waals surface area (Å²) in [5, 5.41) is 19.2. The SMILES string of the molecule is C=C1C=CC(C)=C/C1=N/O.CC.CC.Cc1cccc(-c2nnc(C)o2)c1. The van der Waals surface area contributed by atoms with Gasteiger partial charge in [-0.15, -0.1) is 10.2 Å². The molecule has 27 heavy (non-hydrogen) atoms. The number of aryl methyl sites for hydroxylation is 2. The average Bonchev–Trinajstić information content (AvgIpc) is 3.14. The highest BCUT2D eigenvalue weighted by atomic mass is 16.4. The minimum absolute atomic E-state index is 0.542. The van der Waals surface area contributed by atoms with Gasteiger partial charge >= 0.3 is 0 Å². The van der Waals surface area contributed by atoms with Crippen LogP contribution < -0.4 is 0 Å². The number of benzene rings is 1. The van der Waals surface area contributed by atoms with E-state index in [4.69, 9.17) is 9.62 Å². The van der Waals surface area contributed by atoms with Crippen LogP contribution in [0.15, 0.2) is 69.8 Å². The minimum atomic E-state index is 0.542. The van der Waals surface area contributed by atoms with Crippen LogP contribution in [0.25, 0.3) is 11.5 Å². The molecule has 0 fully saturated rings. The third-order valence-electron chi connectivity index (χ3n) is 3.14. The summed E-state index contributed by atoms with van der Waals surface area (Å²) in [5.74, 6) is 1.18. The maximum Gasteiger partial charge on any atom is 0.247 e. The largest absolute Gasteiger partial charge is 0.421 e. The first kappa shape index (κ1) is 24.1. The molecule has 3 rings (SSSR count). The highest BCUT2D eigenvalue weighted by molar-refractivity contribution is 6.11. The molecule has 0 amide bonds. The van der Waals surface area contributed by atoms with Gasteiger partial charge in [0.2, 0.25) is 11.8 Å². The second-order valence-corrected chi connectivity index (χ2v) is 5.23. The molecule has 146 valence electrons. The summed E-state index contributed by atoms with van der Waals surface area (Å²) in [6, 6.07) is 7.99. The number of hydrogen-bond donors (Lipinski definition) is 1. The molecule has 1 aliphatic rings. The van der Waals surface area contributed by atoms with Crippen LogP contribution in [0.4, 0.5) is 0 Å². The van der Waals surface area contributed by atoms with Crippen molar-refractivity contribution in [1.29, 1.82) is 0 Å². The van der Waals surface area contributed by atoms with Gasteiger partial charge in [0.25, 0.3) is 0 Å². The predicted octanol–water partition coefficient (Wildman–Crippen LogP) is 6.29. The first-order chi connectivity index (χ1) is 13.0. The number of nitrogens with zero attached hydrogens (tertiary/aromatic N) is 3. The normalized spacial score (nSPS) is 13.4. The van der Waals surface area contributed by atoms with Crippen molar-refractivity contribution in [1.82, 2.24) is 10.2 Å². The van der Waals surface area contributed by atoms with Crippen molar-refractivity contribution < 1.29 is 9.62 Å². The zero-order valence-corrected chi connectivity index (χ0v) is 17.4. The van der Waals surface area contributed by atoms with Crippen molar-refractivity contribution in [3.63, 3.8) is 0 Å². The summed E-state index contributed by atoms with van der Waals surface area (Å²) in [7, 11) is 0. The predicted molar refractivity (Wildman–Crippen MR) is 113 cm³/mol. The van der Waals surface area contributed by atoms with E-state index in [1.54, 1.807) is 13.0 Å². The van der Waals surface area contributed by atoms with Crippen LogP contribution in [0.3, 0.4) is 0 Å². The molecule has 0 radical (unpaired) electrons. The fourth-order valence-corrected chi connectivity index (χ4v) is 1.96. The molecule has 1 aromatic heterocycles. The lowest BCUT2D eigenvalue weighted by atomic mass is 10.0. The average molecular weight is 370 g/mol. The van der Waals surface area contributed by atoms with Crippen molar-refractivity contribution >= 4 is 5.71 Å². The Kier molecular flexibility index (Phi) is 11.8. The lowest BCUT2D eigenvalue weighted by Gasteiger charge is -2.04. The summed E-state index contributed by atoms with van der Waals surface area (Å²) >= 11 is 0. The zero-order chi connectivity index (χ0) is 20.8. The fraction of sp³-hybridized carbons (Fsp3) is 0.318. The highest BCUT2D eigenvalue weighted by Gasteiger charge is 2.04. The quantitative estimate of drug-likeness (QED) is 0.473. The van der Waals surface area contributed by atoms with Gasteiger partial charge in [0.1, 0.15) is 5.71 Å². The summed E-state index contributed by atoms with van der Waals surface area (Å²) in [6.45, 7) is 17.4. The number of rotatable bonds is 1. The number of hydrogen-bond acceptors (Lipinski definition) is 5. The van der Waals surface area contributed by atoms with E-state index in [1.807, 2.05) is 78.0 Å². The number of aromatic nitrogens is 2. The Labute approximate surface area is 162 Å². The molecule has 1 N–H and O–H groups in total. The molecule has 0 atom stereocenters. The van der Waals surface area contributed by atoms with Crippen LogP contribution >= 0.6 is 0 Å². The molecule has 1 heterocycles. The second-order valence-electron chi connectivity index (χ2n) is 5.23. The minimum Gasteiger partial charge on any atom is -0.421 e. The maximum atomic E-state index is 8.43. The van der Waals surface area contributed by atoms with Gasteiger partial charge in [-0.2, -0.15) is 0 Å². The Hall–Kier alpha value is -2.95. The number of oxime groups is 1. The van der Waals surface area contributed by atoms with Crippen LogP contribution in [0.2, 0.25) is 0 Å². The summed E-state index contributed by atoms with van der Waals surface area (Å²) < 4.78 is 5.30. The maximum absolute atomic E-state index is 8.43. The molecule has 1 aromatic carbocycles. The van der Waals surface area contributed by atoms with E-state index >= 15 is 0 Å². The Morgan fingerprint density at radius 3 is 2.15 bits per heavy atom. The first-order valence-corrected chi connectivity index (χ1v) is 9.14. The van der Waals surface area contributed by atoms with Crippen molar-refractivity contribution in [3.8, 4) is 11.5 Å². The van der Waals surface area contributed by atoms with E-state index in [-0.39, 0.29) is 0 Å². The third kappa shape index (κ3) is 8.31. The molecule has 1 aliphatic carbocycles. The van der Waals surface area contributed by atoms with Gasteiger partial charge in [-0.25, -0.2) is 0 Å². The molecular formula is C22H31N3O2. The zero-order valence-electron chi connectivity index (χ0n) is 17.4. The van der Waals surface area contributed by atoms with Gasteiger partial charge in [0.15, 0.2) is 0 Å². The van der Waals surface area contributed by atoms with E-state index in [0.717, 1.165) is 16.7 Å². The molecule has 5 nitrogen and oxygen atoms in total. The Bertz CT molecular complexity index is 799. The first-order valence-electron chi connectivity index (χ1n) is 9.14. The molecule has 0 bridgehead atoms. The molecule has 0 unspecified atom stereocenters. The van der Waals surface area contributed by atoms with Gasteiger partial charge in [-0.05, 0) is 43.2 Å². The van der Waals surface area contributed by atoms with Gasteiger partial charge in [-0.3, -0.25) is 0 Å². The van der Waals surface area contributed by atoms with Gasteiger partial charge < -0.3 is 9.62 Å². The molecule has 2 aromatic rings. The number of allylic oxidation sites excluding steroid dienone is 5. The summed E-state index contributed by atoms with van der Waals surface area (Å²) in [5.41, 5.74) is 4.52. The second kappa shape index (κ2) is 13.3. The van der Waals surface area contributed by atoms with Crippen LogP contribution in [-0.2, 0) is 0 Å². The third-order valence-corrected chi connectivity index (χ3v) is 3.14. The van der Waals surface area contributed by atoms with Crippen molar-refractivity contribution in [2.24, 2.45) is 5.16 Å². The van der Waals surface area contributed by atoms with Crippen LogP contribution in [-0.4, -0.2) is 21.1 Å². The van der Waals surface area contributed by atoms with E-state index in [9.17, 15) is 0 Å². The van der Waals surface area contributed by atoms with Crippen molar-refractivity contribution in [2.45, 2.75) is 48.5 Å². The van der Waals surface area contributed by atoms with E-state index in [2.05, 4.69) is 21.9 Å². The Morgan fingerprint density at radius 2 is 1.67 bits per heavy atom. The standard InChI is InChI=1S/C10H10N2O.C8H9NO.2C2H6/c1-7-4-3-5-9(6-7)10-12-11-8(2)13-10;1-6-3-4-7(2)8(5-6)9-10;2*1-2/h3-6H,1-2H3;3-5,10H,2H2,1H3;2*1-2H3/b;9-8-;;. The molecule has 0 spiro atoms. The lowest BCUT2D eigenvalue weighted by Crippen LogP contribution is -1.99. The monoisotopic (exact) mass is 369 g/mol. The summed E-state index contributed by atoms with van der Waals surface area (Å²) in [4.78, 5) is 0. The summed E-state index contributed by atoms with van der Waals surface area (Å²) in [6.07, 6.45) is 5.53. The Morgan fingerprint density at radius 1 is 1.00 bits per heavy atom. The van der Waals surface area contributed by atoms with Gasteiger partial charge in [-0.1, -0.05) is 69.3 Å². The van der Waals surface area contributed by atoms with Crippen LogP contribution in [0, 0.1) is 13.8 Å². The Balaban J connectivity index is 0.000000434. The molecular weight excluding hydrogens is 338 g/mol. The van der Waals surface area contributed by atoms with Crippen molar-refractivity contribution in [3.05, 3.63) is 71.7 Å². The van der Waals surface area contributed by atoms with Gasteiger partial charge in [0.05, 0.1) is 0 Å². The van der Waals surface area contributed by atoms with Crippen LogP contribution in [0.1, 0.15) is 46.1 Å². The topological polar surface area (TPSA) is 71.5 Å². The molecule has 0 saturated carbocycles. The molecule has 0 saturated heterocycles. The van der Waals surface area contributed by atoms with E-state index in [0.29, 0.717) is 17.5 Å². The molecule has 5 heteroatoms. The fourth-order valence-electron chi connectivity index (χ4n) is 1.96. The lowest BCUT2D eigenvalue weighted by molar-refractivity contribution is 0.320. The molecule has 0 aliphatic heterocycles.